The number of hydrogen-bond acceptors (Lipinski definition) is 3. The Bertz CT molecular complexity index is 560. The van der Waals surface area contributed by atoms with E-state index < -0.39 is 26.6 Å². The van der Waals surface area contributed by atoms with Crippen molar-refractivity contribution in [3.8, 4) is 0 Å². The standard InChI is InChI=1S/C11H14F2N2O2S.ClH/c1-8-6-10(13)11(7-9(8)12)18(16,17)15-4-2-14-3-5-15;/h6-7,14H,2-5H2,1H3;1H. The van der Waals surface area contributed by atoms with E-state index in [1.165, 1.54) is 6.92 Å². The van der Waals surface area contributed by atoms with Crippen LogP contribution in [0.5, 0.6) is 0 Å². The van der Waals surface area contributed by atoms with Crippen molar-refractivity contribution < 1.29 is 17.2 Å². The van der Waals surface area contributed by atoms with E-state index >= 15 is 0 Å². The molecule has 1 N–H and O–H groups in total. The van der Waals surface area contributed by atoms with Crippen LogP contribution in [0, 0.1) is 18.6 Å². The summed E-state index contributed by atoms with van der Waals surface area (Å²) < 4.78 is 52.6. The van der Waals surface area contributed by atoms with Gasteiger partial charge in [0.1, 0.15) is 16.5 Å². The summed E-state index contributed by atoms with van der Waals surface area (Å²) in [6, 6.07) is 1.66. The van der Waals surface area contributed by atoms with Gasteiger partial charge in [0.05, 0.1) is 0 Å². The molecule has 0 unspecified atom stereocenters. The number of nitrogens with one attached hydrogen (secondary N) is 1. The molecule has 8 heteroatoms. The smallest absolute Gasteiger partial charge is 0.246 e. The molecule has 1 heterocycles. The molecule has 4 nitrogen and oxygen atoms in total. The Hall–Kier alpha value is -0.760. The van der Waals surface area contributed by atoms with E-state index in [4.69, 9.17) is 0 Å². The lowest BCUT2D eigenvalue weighted by Gasteiger charge is -2.26. The van der Waals surface area contributed by atoms with Crippen molar-refractivity contribution in [2.24, 2.45) is 0 Å². The van der Waals surface area contributed by atoms with Gasteiger partial charge in [0.2, 0.25) is 10.0 Å². The van der Waals surface area contributed by atoms with Gasteiger partial charge < -0.3 is 5.32 Å². The normalized spacial score (nSPS) is 17.0. The fraction of sp³-hybridized carbons (Fsp3) is 0.455. The number of halogens is 3. The van der Waals surface area contributed by atoms with E-state index in [9.17, 15) is 17.2 Å². The summed E-state index contributed by atoms with van der Waals surface area (Å²) in [6.45, 7) is 2.93. The van der Waals surface area contributed by atoms with Crippen LogP contribution in [-0.2, 0) is 10.0 Å². The Morgan fingerprint density at radius 3 is 2.32 bits per heavy atom. The zero-order chi connectivity index (χ0) is 13.3. The molecule has 1 aliphatic rings. The zero-order valence-electron chi connectivity index (χ0n) is 10.3. The molecule has 0 amide bonds. The van der Waals surface area contributed by atoms with E-state index in [1.807, 2.05) is 0 Å². The van der Waals surface area contributed by atoms with Crippen molar-refractivity contribution >= 4 is 22.4 Å². The van der Waals surface area contributed by atoms with Gasteiger partial charge in [0.15, 0.2) is 0 Å². The molecule has 2 rings (SSSR count). The van der Waals surface area contributed by atoms with Crippen LogP contribution in [0.15, 0.2) is 17.0 Å². The van der Waals surface area contributed by atoms with Gasteiger partial charge in [0, 0.05) is 26.2 Å². The van der Waals surface area contributed by atoms with Crippen LogP contribution in [0.25, 0.3) is 0 Å². The number of benzene rings is 1. The van der Waals surface area contributed by atoms with Crippen LogP contribution < -0.4 is 5.32 Å². The summed E-state index contributed by atoms with van der Waals surface area (Å²) >= 11 is 0. The van der Waals surface area contributed by atoms with Gasteiger partial charge in [-0.3, -0.25) is 0 Å². The highest BCUT2D eigenvalue weighted by molar-refractivity contribution is 7.89. The largest absolute Gasteiger partial charge is 0.314 e. The molecule has 0 spiro atoms. The minimum absolute atomic E-state index is 0. The van der Waals surface area contributed by atoms with Crippen LogP contribution in [0.4, 0.5) is 8.78 Å². The molecule has 1 aliphatic heterocycles. The third kappa shape index (κ3) is 3.22. The second kappa shape index (κ2) is 6.13. The summed E-state index contributed by atoms with van der Waals surface area (Å²) in [5, 5.41) is 3.00. The van der Waals surface area contributed by atoms with Crippen molar-refractivity contribution in [3.05, 3.63) is 29.3 Å². The summed E-state index contributed by atoms with van der Waals surface area (Å²) in [5.41, 5.74) is 0.0896. The second-order valence-corrected chi connectivity index (χ2v) is 6.09. The van der Waals surface area contributed by atoms with Gasteiger partial charge in [-0.2, -0.15) is 4.31 Å². The van der Waals surface area contributed by atoms with Gasteiger partial charge in [-0.05, 0) is 24.6 Å². The zero-order valence-corrected chi connectivity index (χ0v) is 12.0. The predicted molar refractivity (Wildman–Crippen MR) is 70.0 cm³/mol. The summed E-state index contributed by atoms with van der Waals surface area (Å²) in [4.78, 5) is -0.590. The average Bonchev–Trinajstić information content (AvgIpc) is 2.34. The predicted octanol–water partition coefficient (Wildman–Crippen LogP) is 1.29. The molecule has 19 heavy (non-hydrogen) atoms. The summed E-state index contributed by atoms with van der Waals surface area (Å²) in [7, 11) is -3.95. The molecule has 0 saturated carbocycles. The van der Waals surface area contributed by atoms with Gasteiger partial charge in [-0.25, -0.2) is 17.2 Å². The lowest BCUT2D eigenvalue weighted by atomic mass is 10.2. The molecule has 0 bridgehead atoms. The lowest BCUT2D eigenvalue weighted by Crippen LogP contribution is -2.46. The lowest BCUT2D eigenvalue weighted by molar-refractivity contribution is 0.358. The van der Waals surface area contributed by atoms with Crippen LogP contribution >= 0.6 is 12.4 Å². The third-order valence-corrected chi connectivity index (χ3v) is 4.82. The average molecular weight is 313 g/mol. The Morgan fingerprint density at radius 1 is 1.16 bits per heavy atom. The van der Waals surface area contributed by atoms with E-state index in [-0.39, 0.29) is 31.1 Å². The molecule has 1 aromatic carbocycles. The minimum atomic E-state index is -3.95. The molecular formula is C11H15ClF2N2O2S. The highest BCUT2D eigenvalue weighted by Gasteiger charge is 2.29. The number of nitrogens with zero attached hydrogens (tertiary/aromatic N) is 1. The molecular weight excluding hydrogens is 298 g/mol. The van der Waals surface area contributed by atoms with Crippen LogP contribution in [-0.4, -0.2) is 38.9 Å². The third-order valence-electron chi connectivity index (χ3n) is 2.91. The maximum atomic E-state index is 13.7. The van der Waals surface area contributed by atoms with Crippen LogP contribution in [0.1, 0.15) is 5.56 Å². The van der Waals surface area contributed by atoms with E-state index in [0.717, 1.165) is 16.4 Å². The number of sulfonamides is 1. The first-order chi connectivity index (χ1) is 8.43. The Balaban J connectivity index is 0.00000180. The van der Waals surface area contributed by atoms with Gasteiger partial charge in [-0.1, -0.05) is 0 Å². The van der Waals surface area contributed by atoms with Crippen molar-refractivity contribution in [2.75, 3.05) is 26.2 Å². The molecule has 0 radical (unpaired) electrons. The Morgan fingerprint density at radius 2 is 1.74 bits per heavy atom. The second-order valence-electron chi connectivity index (χ2n) is 4.19. The maximum Gasteiger partial charge on any atom is 0.246 e. The molecule has 1 aromatic rings. The molecule has 0 atom stereocenters. The molecule has 0 aliphatic carbocycles. The van der Waals surface area contributed by atoms with Crippen molar-refractivity contribution in [2.45, 2.75) is 11.8 Å². The first-order valence-electron chi connectivity index (χ1n) is 5.59. The maximum absolute atomic E-state index is 13.7. The SMILES string of the molecule is Cc1cc(F)c(S(=O)(=O)N2CCNCC2)cc1F.Cl. The number of rotatable bonds is 2. The monoisotopic (exact) mass is 312 g/mol. The van der Waals surface area contributed by atoms with Crippen molar-refractivity contribution in [1.82, 2.24) is 9.62 Å². The Kier molecular flexibility index (Phi) is 5.26. The molecule has 1 saturated heterocycles. The quantitative estimate of drug-likeness (QED) is 0.895. The molecule has 1 fully saturated rings. The number of aryl methyl sites for hydroxylation is 1. The van der Waals surface area contributed by atoms with Crippen molar-refractivity contribution in [1.29, 1.82) is 0 Å². The molecule has 0 aromatic heterocycles. The number of piperazine rings is 1. The first kappa shape index (κ1) is 16.3. The van der Waals surface area contributed by atoms with E-state index in [1.54, 1.807) is 0 Å². The van der Waals surface area contributed by atoms with E-state index in [0.29, 0.717) is 13.1 Å². The van der Waals surface area contributed by atoms with Crippen molar-refractivity contribution in [3.63, 3.8) is 0 Å². The highest BCUT2D eigenvalue weighted by atomic mass is 35.5. The van der Waals surface area contributed by atoms with E-state index in [2.05, 4.69) is 5.32 Å². The van der Waals surface area contributed by atoms with Gasteiger partial charge in [-0.15, -0.1) is 12.4 Å². The highest BCUT2D eigenvalue weighted by Crippen LogP contribution is 2.22. The van der Waals surface area contributed by atoms with Gasteiger partial charge in [0.25, 0.3) is 0 Å². The van der Waals surface area contributed by atoms with Gasteiger partial charge >= 0.3 is 0 Å². The fourth-order valence-electron chi connectivity index (χ4n) is 1.85. The topological polar surface area (TPSA) is 49.4 Å². The van der Waals surface area contributed by atoms with Crippen LogP contribution in [0.2, 0.25) is 0 Å². The minimum Gasteiger partial charge on any atom is -0.314 e. The first-order valence-corrected chi connectivity index (χ1v) is 7.03. The fourth-order valence-corrected chi connectivity index (χ4v) is 3.35. The summed E-state index contributed by atoms with van der Waals surface area (Å²) in [6.07, 6.45) is 0. The summed E-state index contributed by atoms with van der Waals surface area (Å²) in [5.74, 6) is -1.63. The van der Waals surface area contributed by atoms with Crippen LogP contribution in [0.3, 0.4) is 0 Å². The Labute approximate surface area is 117 Å². The number of hydrogen-bond donors (Lipinski definition) is 1. The molecule has 108 valence electrons.